The van der Waals surface area contributed by atoms with Crippen LogP contribution < -0.4 is 11.1 Å². The summed E-state index contributed by atoms with van der Waals surface area (Å²) in [6.07, 6.45) is 1.52. The van der Waals surface area contributed by atoms with Gasteiger partial charge in [-0.1, -0.05) is 48.0 Å². The molecule has 0 saturated carbocycles. The van der Waals surface area contributed by atoms with Crippen LogP contribution in [0, 0.1) is 5.41 Å². The number of nitrogens with two attached hydrogens (primary N) is 1. The normalized spacial score (nSPS) is 13.1. The van der Waals surface area contributed by atoms with Crippen LogP contribution in [0.4, 0.5) is 0 Å². The van der Waals surface area contributed by atoms with Gasteiger partial charge in [0.15, 0.2) is 0 Å². The van der Waals surface area contributed by atoms with Gasteiger partial charge in [0.2, 0.25) is 5.91 Å². The molecule has 0 heterocycles. The first-order valence-corrected chi connectivity index (χ1v) is 7.55. The molecule has 4 heteroatoms. The van der Waals surface area contributed by atoms with E-state index in [0.29, 0.717) is 6.54 Å². The molecule has 19 heavy (non-hydrogen) atoms. The molecule has 3 nitrogen and oxygen atoms in total. The first kappa shape index (κ1) is 16.2. The highest BCUT2D eigenvalue weighted by atomic mass is 79.9. The molecule has 1 unspecified atom stereocenters. The lowest BCUT2D eigenvalue weighted by atomic mass is 9.81. The van der Waals surface area contributed by atoms with Crippen molar-refractivity contribution in [3.05, 3.63) is 34.3 Å². The molecule has 1 amide bonds. The molecule has 3 N–H and O–H groups in total. The molecule has 0 aromatic heterocycles. The number of hydrogen-bond donors (Lipinski definition) is 2. The van der Waals surface area contributed by atoms with E-state index >= 15 is 0 Å². The molecular formula is C15H23BrN2O. The van der Waals surface area contributed by atoms with E-state index in [1.807, 2.05) is 45.0 Å². The third kappa shape index (κ3) is 3.57. The molecular weight excluding hydrogens is 304 g/mol. The molecule has 0 fully saturated rings. The second-order valence-electron chi connectivity index (χ2n) is 4.91. The fourth-order valence-corrected chi connectivity index (χ4v) is 2.83. The number of hydrogen-bond acceptors (Lipinski definition) is 2. The topological polar surface area (TPSA) is 55.1 Å². The van der Waals surface area contributed by atoms with Crippen LogP contribution in [0.25, 0.3) is 0 Å². The molecule has 0 saturated heterocycles. The minimum Gasteiger partial charge on any atom is -0.349 e. The number of rotatable bonds is 6. The van der Waals surface area contributed by atoms with Gasteiger partial charge in [-0.3, -0.25) is 4.79 Å². The van der Waals surface area contributed by atoms with Gasteiger partial charge in [-0.05, 0) is 31.4 Å². The molecule has 1 aromatic carbocycles. The van der Waals surface area contributed by atoms with E-state index < -0.39 is 5.41 Å². The van der Waals surface area contributed by atoms with Gasteiger partial charge in [-0.25, -0.2) is 0 Å². The molecule has 0 bridgehead atoms. The van der Waals surface area contributed by atoms with Crippen LogP contribution in [0.3, 0.4) is 0 Å². The summed E-state index contributed by atoms with van der Waals surface area (Å²) in [5.41, 5.74) is 6.43. The highest BCUT2D eigenvalue weighted by molar-refractivity contribution is 9.10. The average molecular weight is 327 g/mol. The Morgan fingerprint density at radius 2 is 1.95 bits per heavy atom. The van der Waals surface area contributed by atoms with Crippen LogP contribution in [0.1, 0.15) is 45.2 Å². The van der Waals surface area contributed by atoms with Crippen molar-refractivity contribution < 1.29 is 4.79 Å². The summed E-state index contributed by atoms with van der Waals surface area (Å²) in [6.45, 7) is 6.40. The van der Waals surface area contributed by atoms with Gasteiger partial charge in [0.1, 0.15) is 0 Å². The maximum atomic E-state index is 12.4. The van der Waals surface area contributed by atoms with E-state index in [4.69, 9.17) is 5.73 Å². The summed E-state index contributed by atoms with van der Waals surface area (Å²) in [5.74, 6) is 0.0447. The van der Waals surface area contributed by atoms with Crippen molar-refractivity contribution >= 4 is 21.8 Å². The Hall–Kier alpha value is -0.870. The van der Waals surface area contributed by atoms with Gasteiger partial charge in [0.05, 0.1) is 11.5 Å². The Bertz CT molecular complexity index is 422. The highest BCUT2D eigenvalue weighted by Crippen LogP contribution is 2.28. The molecule has 1 rings (SSSR count). The van der Waals surface area contributed by atoms with Crippen LogP contribution in [0.15, 0.2) is 28.7 Å². The summed E-state index contributed by atoms with van der Waals surface area (Å²) in [5, 5.41) is 3.08. The van der Waals surface area contributed by atoms with Crippen molar-refractivity contribution in [1.82, 2.24) is 5.32 Å². The molecule has 0 aliphatic heterocycles. The van der Waals surface area contributed by atoms with Gasteiger partial charge in [0.25, 0.3) is 0 Å². The van der Waals surface area contributed by atoms with Gasteiger partial charge in [-0.15, -0.1) is 0 Å². The number of benzene rings is 1. The van der Waals surface area contributed by atoms with Crippen molar-refractivity contribution in [2.75, 3.05) is 6.54 Å². The third-order valence-corrected chi connectivity index (χ3v) is 4.67. The van der Waals surface area contributed by atoms with Crippen LogP contribution in [-0.2, 0) is 4.79 Å². The average Bonchev–Trinajstić information content (AvgIpc) is 2.41. The second-order valence-corrected chi connectivity index (χ2v) is 5.76. The van der Waals surface area contributed by atoms with Crippen molar-refractivity contribution in [2.45, 2.75) is 39.7 Å². The predicted molar refractivity (Wildman–Crippen MR) is 82.8 cm³/mol. The van der Waals surface area contributed by atoms with Gasteiger partial charge >= 0.3 is 0 Å². The lowest BCUT2D eigenvalue weighted by molar-refractivity contribution is -0.131. The van der Waals surface area contributed by atoms with Crippen LogP contribution >= 0.6 is 15.9 Å². The Morgan fingerprint density at radius 3 is 2.42 bits per heavy atom. The summed E-state index contributed by atoms with van der Waals surface area (Å²) >= 11 is 3.51. The monoisotopic (exact) mass is 326 g/mol. The van der Waals surface area contributed by atoms with Crippen LogP contribution in [0.2, 0.25) is 0 Å². The molecule has 0 aliphatic rings. The molecule has 106 valence electrons. The minimum atomic E-state index is -0.449. The van der Waals surface area contributed by atoms with Crippen LogP contribution in [0.5, 0.6) is 0 Å². The summed E-state index contributed by atoms with van der Waals surface area (Å²) in [4.78, 5) is 12.4. The standard InChI is InChI=1S/C15H23BrN2O/c1-4-15(5-2,10-17)14(19)18-11(3)12-8-6-7-9-13(12)16/h6-9,11H,4-5,10,17H2,1-3H3,(H,18,19). The van der Waals surface area contributed by atoms with Gasteiger partial charge < -0.3 is 11.1 Å². The number of halogens is 1. The largest absolute Gasteiger partial charge is 0.349 e. The Balaban J connectivity index is 2.85. The number of nitrogens with one attached hydrogen (secondary N) is 1. The van der Waals surface area contributed by atoms with E-state index in [2.05, 4.69) is 21.2 Å². The maximum absolute atomic E-state index is 12.4. The minimum absolute atomic E-state index is 0.0351. The van der Waals surface area contributed by atoms with Crippen molar-refractivity contribution in [3.63, 3.8) is 0 Å². The Morgan fingerprint density at radius 1 is 1.37 bits per heavy atom. The van der Waals surface area contributed by atoms with Crippen molar-refractivity contribution in [3.8, 4) is 0 Å². The summed E-state index contributed by atoms with van der Waals surface area (Å²) in [7, 11) is 0. The molecule has 0 radical (unpaired) electrons. The Kier molecular flexibility index (Phi) is 6.01. The lowest BCUT2D eigenvalue weighted by Gasteiger charge is -2.30. The van der Waals surface area contributed by atoms with E-state index in [1.165, 1.54) is 0 Å². The van der Waals surface area contributed by atoms with E-state index in [0.717, 1.165) is 22.9 Å². The maximum Gasteiger partial charge on any atom is 0.227 e. The smallest absolute Gasteiger partial charge is 0.227 e. The quantitative estimate of drug-likeness (QED) is 0.841. The first-order valence-electron chi connectivity index (χ1n) is 6.76. The fourth-order valence-electron chi connectivity index (χ4n) is 2.21. The van der Waals surface area contributed by atoms with Gasteiger partial charge in [0, 0.05) is 11.0 Å². The van der Waals surface area contributed by atoms with Gasteiger partial charge in [-0.2, -0.15) is 0 Å². The number of amides is 1. The van der Waals surface area contributed by atoms with E-state index in [-0.39, 0.29) is 11.9 Å². The zero-order valence-corrected chi connectivity index (χ0v) is 13.5. The van der Waals surface area contributed by atoms with Crippen molar-refractivity contribution in [1.29, 1.82) is 0 Å². The van der Waals surface area contributed by atoms with E-state index in [1.54, 1.807) is 0 Å². The number of carbonyl (C=O) groups excluding carboxylic acids is 1. The van der Waals surface area contributed by atoms with E-state index in [9.17, 15) is 4.79 Å². The molecule has 0 spiro atoms. The summed E-state index contributed by atoms with van der Waals surface area (Å²) < 4.78 is 1.01. The predicted octanol–water partition coefficient (Wildman–Crippen LogP) is 3.39. The highest BCUT2D eigenvalue weighted by Gasteiger charge is 2.34. The lowest BCUT2D eigenvalue weighted by Crippen LogP contribution is -2.46. The zero-order chi connectivity index (χ0) is 14.5. The zero-order valence-electron chi connectivity index (χ0n) is 11.9. The second kappa shape index (κ2) is 7.06. The fraction of sp³-hybridized carbons (Fsp3) is 0.533. The SMILES string of the molecule is CCC(CC)(CN)C(=O)NC(C)c1ccccc1Br. The third-order valence-electron chi connectivity index (χ3n) is 3.95. The molecule has 0 aliphatic carbocycles. The summed E-state index contributed by atoms with van der Waals surface area (Å²) in [6, 6.07) is 7.89. The molecule has 1 atom stereocenters. The molecule has 1 aromatic rings. The number of carbonyl (C=O) groups is 1. The van der Waals surface area contributed by atoms with Crippen LogP contribution in [-0.4, -0.2) is 12.5 Å². The Labute approximate surface area is 124 Å². The first-order chi connectivity index (χ1) is 9.00. The van der Waals surface area contributed by atoms with Crippen molar-refractivity contribution in [2.24, 2.45) is 11.1 Å².